The van der Waals surface area contributed by atoms with E-state index in [-0.39, 0.29) is 12.6 Å². The van der Waals surface area contributed by atoms with Gasteiger partial charge < -0.3 is 20.1 Å². The first-order valence-corrected chi connectivity index (χ1v) is 6.60. The van der Waals surface area contributed by atoms with Crippen molar-refractivity contribution in [3.63, 3.8) is 0 Å². The number of nitrogens with one attached hydrogen (secondary N) is 1. The van der Waals surface area contributed by atoms with Gasteiger partial charge in [0, 0.05) is 11.5 Å². The Bertz CT molecular complexity index is 458. The number of aliphatic hydroxyl groups is 1. The molecule has 0 aliphatic carbocycles. The molecule has 6 heteroatoms. The zero-order valence-corrected chi connectivity index (χ0v) is 13.1. The summed E-state index contributed by atoms with van der Waals surface area (Å²) >= 11 is 3.34. The Morgan fingerprint density at radius 3 is 2.68 bits per heavy atom. The lowest BCUT2D eigenvalue weighted by atomic mass is 10.1. The maximum absolute atomic E-state index is 12.0. The number of carbonyl (C=O) groups excluding carboxylic acids is 1. The molecular formula is C13H19BrN2O3. The summed E-state index contributed by atoms with van der Waals surface area (Å²) < 4.78 is 6.02. The Balaban J connectivity index is 2.79. The van der Waals surface area contributed by atoms with Gasteiger partial charge in [-0.2, -0.15) is 0 Å². The third-order valence-electron chi connectivity index (χ3n) is 2.37. The maximum Gasteiger partial charge on any atom is 0.321 e. The lowest BCUT2D eigenvalue weighted by Crippen LogP contribution is -2.41. The molecule has 0 atom stereocenters. The number of carbonyl (C=O) groups is 1. The summed E-state index contributed by atoms with van der Waals surface area (Å²) in [5, 5.41) is 12.4. The molecule has 0 saturated carbocycles. The molecule has 0 unspecified atom stereocenters. The van der Waals surface area contributed by atoms with E-state index in [0.717, 1.165) is 4.47 Å². The van der Waals surface area contributed by atoms with Gasteiger partial charge in [-0.3, -0.25) is 0 Å². The van der Waals surface area contributed by atoms with E-state index < -0.39 is 5.60 Å². The van der Waals surface area contributed by atoms with Crippen molar-refractivity contribution in [2.75, 3.05) is 26.0 Å². The fourth-order valence-electron chi connectivity index (χ4n) is 1.64. The minimum Gasteiger partial charge on any atom is -0.495 e. The first kappa shape index (κ1) is 15.8. The predicted octanol–water partition coefficient (Wildman–Crippen LogP) is 2.69. The monoisotopic (exact) mass is 330 g/mol. The van der Waals surface area contributed by atoms with Crippen LogP contribution in [-0.4, -0.2) is 42.3 Å². The molecule has 2 N–H and O–H groups in total. The van der Waals surface area contributed by atoms with Crippen LogP contribution in [0.25, 0.3) is 0 Å². The molecule has 0 aliphatic heterocycles. The van der Waals surface area contributed by atoms with Crippen LogP contribution in [0.3, 0.4) is 0 Å². The van der Waals surface area contributed by atoms with Gasteiger partial charge in [0.1, 0.15) is 5.75 Å². The second-order valence-corrected chi connectivity index (χ2v) is 5.86. The summed E-state index contributed by atoms with van der Waals surface area (Å²) in [5.74, 6) is 0.577. The Morgan fingerprint density at radius 2 is 2.16 bits per heavy atom. The van der Waals surface area contributed by atoms with Gasteiger partial charge in [-0.25, -0.2) is 4.79 Å². The number of anilines is 1. The van der Waals surface area contributed by atoms with Crippen molar-refractivity contribution in [3.8, 4) is 5.75 Å². The Labute approximate surface area is 121 Å². The van der Waals surface area contributed by atoms with E-state index in [2.05, 4.69) is 21.2 Å². The molecule has 5 nitrogen and oxygen atoms in total. The number of nitrogens with zero attached hydrogens (tertiary/aromatic N) is 1. The van der Waals surface area contributed by atoms with E-state index in [0.29, 0.717) is 11.4 Å². The lowest BCUT2D eigenvalue weighted by molar-refractivity contribution is 0.0550. The number of benzene rings is 1. The molecule has 0 bridgehead atoms. The Hall–Kier alpha value is -1.27. The van der Waals surface area contributed by atoms with E-state index in [4.69, 9.17) is 4.74 Å². The second-order valence-electron chi connectivity index (χ2n) is 4.94. The third kappa shape index (κ3) is 5.08. The molecule has 0 saturated heterocycles. The Kier molecular flexibility index (Phi) is 5.20. The number of hydrogen-bond acceptors (Lipinski definition) is 3. The summed E-state index contributed by atoms with van der Waals surface area (Å²) in [5.41, 5.74) is -0.363. The van der Waals surface area contributed by atoms with Gasteiger partial charge in [0.05, 0.1) is 24.9 Å². The number of rotatable bonds is 4. The SMILES string of the molecule is COc1ccc(Br)cc1NC(=O)N(C)CC(C)(C)O. The van der Waals surface area contributed by atoms with Gasteiger partial charge in [-0.15, -0.1) is 0 Å². The minimum atomic E-state index is -0.937. The summed E-state index contributed by atoms with van der Waals surface area (Å²) in [7, 11) is 3.16. The van der Waals surface area contributed by atoms with Gasteiger partial charge in [0.2, 0.25) is 0 Å². The summed E-state index contributed by atoms with van der Waals surface area (Å²) in [6.45, 7) is 3.53. The predicted molar refractivity (Wildman–Crippen MR) is 78.6 cm³/mol. The van der Waals surface area contributed by atoms with Gasteiger partial charge in [-0.1, -0.05) is 15.9 Å². The second kappa shape index (κ2) is 6.25. The first-order chi connectivity index (χ1) is 8.73. The van der Waals surface area contributed by atoms with Crippen LogP contribution in [-0.2, 0) is 0 Å². The van der Waals surface area contributed by atoms with E-state index in [1.807, 2.05) is 6.07 Å². The molecule has 106 valence electrons. The quantitative estimate of drug-likeness (QED) is 0.892. The summed E-state index contributed by atoms with van der Waals surface area (Å²) in [4.78, 5) is 13.4. The molecule has 2 amide bonds. The van der Waals surface area contributed by atoms with E-state index >= 15 is 0 Å². The van der Waals surface area contributed by atoms with E-state index in [9.17, 15) is 9.90 Å². The lowest BCUT2D eigenvalue weighted by Gasteiger charge is -2.26. The number of ether oxygens (including phenoxy) is 1. The highest BCUT2D eigenvalue weighted by molar-refractivity contribution is 9.10. The fraction of sp³-hybridized carbons (Fsp3) is 0.462. The summed E-state index contributed by atoms with van der Waals surface area (Å²) in [6, 6.07) is 5.04. The minimum absolute atomic E-state index is 0.231. The van der Waals surface area contributed by atoms with Crippen molar-refractivity contribution >= 4 is 27.6 Å². The van der Waals surface area contributed by atoms with E-state index in [1.165, 1.54) is 4.90 Å². The average molecular weight is 331 g/mol. The number of amides is 2. The third-order valence-corrected chi connectivity index (χ3v) is 2.87. The smallest absolute Gasteiger partial charge is 0.321 e. The van der Waals surface area contributed by atoms with Crippen LogP contribution in [0.5, 0.6) is 5.75 Å². The number of methoxy groups -OCH3 is 1. The molecule has 0 spiro atoms. The van der Waals surface area contributed by atoms with Gasteiger partial charge in [0.15, 0.2) is 0 Å². The molecule has 0 radical (unpaired) electrons. The molecule has 0 fully saturated rings. The zero-order chi connectivity index (χ0) is 14.6. The van der Waals surface area contributed by atoms with Gasteiger partial charge >= 0.3 is 6.03 Å². The fourth-order valence-corrected chi connectivity index (χ4v) is 2.00. The topological polar surface area (TPSA) is 61.8 Å². The highest BCUT2D eigenvalue weighted by Crippen LogP contribution is 2.28. The van der Waals surface area contributed by atoms with Crippen LogP contribution in [0, 0.1) is 0 Å². The maximum atomic E-state index is 12.0. The zero-order valence-electron chi connectivity index (χ0n) is 11.5. The standard InChI is InChI=1S/C13H19BrN2O3/c1-13(2,18)8-16(3)12(17)15-10-7-9(14)5-6-11(10)19-4/h5-7,18H,8H2,1-4H3,(H,15,17). The first-order valence-electron chi connectivity index (χ1n) is 5.81. The van der Waals surface area contributed by atoms with Crippen LogP contribution < -0.4 is 10.1 Å². The highest BCUT2D eigenvalue weighted by Gasteiger charge is 2.20. The van der Waals surface area contributed by atoms with Crippen molar-refractivity contribution < 1.29 is 14.6 Å². The van der Waals surface area contributed by atoms with Crippen molar-refractivity contribution in [2.45, 2.75) is 19.4 Å². The molecular weight excluding hydrogens is 312 g/mol. The molecule has 0 aromatic heterocycles. The van der Waals surface area contributed by atoms with Gasteiger partial charge in [0.25, 0.3) is 0 Å². The number of urea groups is 1. The van der Waals surface area contributed by atoms with E-state index in [1.54, 1.807) is 40.1 Å². The summed E-state index contributed by atoms with van der Waals surface area (Å²) in [6.07, 6.45) is 0. The molecule has 0 aliphatic rings. The average Bonchev–Trinajstić information content (AvgIpc) is 2.27. The Morgan fingerprint density at radius 1 is 1.53 bits per heavy atom. The largest absolute Gasteiger partial charge is 0.495 e. The van der Waals surface area contributed by atoms with Crippen LogP contribution >= 0.6 is 15.9 Å². The molecule has 1 rings (SSSR count). The number of likely N-dealkylation sites (N-methyl/N-ethyl adjacent to an activating group) is 1. The molecule has 0 heterocycles. The van der Waals surface area contributed by atoms with Crippen molar-refractivity contribution in [1.29, 1.82) is 0 Å². The van der Waals surface area contributed by atoms with Crippen LogP contribution in [0.2, 0.25) is 0 Å². The van der Waals surface area contributed by atoms with Crippen molar-refractivity contribution in [1.82, 2.24) is 4.90 Å². The molecule has 1 aromatic carbocycles. The van der Waals surface area contributed by atoms with Crippen LogP contribution in [0.4, 0.5) is 10.5 Å². The normalized spacial score (nSPS) is 11.1. The van der Waals surface area contributed by atoms with Gasteiger partial charge in [-0.05, 0) is 32.0 Å². The van der Waals surface area contributed by atoms with Crippen LogP contribution in [0.1, 0.15) is 13.8 Å². The van der Waals surface area contributed by atoms with Crippen molar-refractivity contribution in [3.05, 3.63) is 22.7 Å². The van der Waals surface area contributed by atoms with Crippen LogP contribution in [0.15, 0.2) is 22.7 Å². The molecule has 19 heavy (non-hydrogen) atoms. The number of halogens is 1. The van der Waals surface area contributed by atoms with Crippen molar-refractivity contribution in [2.24, 2.45) is 0 Å². The molecule has 1 aromatic rings. The number of hydrogen-bond donors (Lipinski definition) is 2. The highest BCUT2D eigenvalue weighted by atomic mass is 79.9.